The fraction of sp³-hybridized carbons (Fsp3) is 0.739. The van der Waals surface area contributed by atoms with E-state index in [4.69, 9.17) is 6.42 Å². The molecule has 0 heterocycles. The van der Waals surface area contributed by atoms with Crippen LogP contribution in [0.25, 0.3) is 0 Å². The molecule has 4 aliphatic rings. The number of allylic oxidation sites excluding steroid dienone is 1. The van der Waals surface area contributed by atoms with Crippen molar-refractivity contribution >= 4 is 11.6 Å². The van der Waals surface area contributed by atoms with Crippen molar-refractivity contribution in [3.63, 3.8) is 0 Å². The molecule has 0 aliphatic heterocycles. The molecule has 4 aliphatic carbocycles. The van der Waals surface area contributed by atoms with Gasteiger partial charge in [0.05, 0.1) is 0 Å². The average molecular weight is 338 g/mol. The molecule has 3 fully saturated rings. The van der Waals surface area contributed by atoms with Crippen LogP contribution in [0.2, 0.25) is 0 Å². The van der Waals surface area contributed by atoms with Crippen molar-refractivity contribution in [2.45, 2.75) is 71.6 Å². The van der Waals surface area contributed by atoms with E-state index in [1.807, 2.05) is 6.08 Å². The van der Waals surface area contributed by atoms with E-state index in [1.54, 1.807) is 6.92 Å². The van der Waals surface area contributed by atoms with Gasteiger partial charge in [-0.25, -0.2) is 0 Å². The summed E-state index contributed by atoms with van der Waals surface area (Å²) < 4.78 is 0. The van der Waals surface area contributed by atoms with Gasteiger partial charge < -0.3 is 0 Å². The summed E-state index contributed by atoms with van der Waals surface area (Å²) >= 11 is 0. The number of hydrogen-bond acceptors (Lipinski definition) is 2. The summed E-state index contributed by atoms with van der Waals surface area (Å²) in [5.41, 5.74) is 1.67. The van der Waals surface area contributed by atoms with Crippen LogP contribution < -0.4 is 0 Å². The van der Waals surface area contributed by atoms with Crippen LogP contribution in [0.15, 0.2) is 11.6 Å². The predicted octanol–water partition coefficient (Wildman–Crippen LogP) is 4.73. The molecule has 134 valence electrons. The molecule has 0 amide bonds. The number of carbonyl (C=O) groups excluding carboxylic acids is 2. The number of Topliss-reactive ketones (excluding diaryl/α,β-unsaturated/α-hetero) is 1. The zero-order valence-corrected chi connectivity index (χ0v) is 15.6. The van der Waals surface area contributed by atoms with E-state index >= 15 is 0 Å². The van der Waals surface area contributed by atoms with Crippen LogP contribution in [0.5, 0.6) is 0 Å². The lowest BCUT2D eigenvalue weighted by atomic mass is 9.46. The summed E-state index contributed by atoms with van der Waals surface area (Å²) in [5, 5.41) is 0. The molecule has 25 heavy (non-hydrogen) atoms. The zero-order valence-electron chi connectivity index (χ0n) is 15.6. The Morgan fingerprint density at radius 2 is 2.00 bits per heavy atom. The van der Waals surface area contributed by atoms with E-state index in [1.165, 1.54) is 24.8 Å². The molecular formula is C23H30O2. The Morgan fingerprint density at radius 3 is 2.72 bits per heavy atom. The molecular weight excluding hydrogens is 308 g/mol. The SMILES string of the molecule is C#CCC12CC[C@H]3[C@@H](CCC4=CC(=O)CC[C@@]43C)[C@@H]1CC[C@@H]2C(C)=O. The van der Waals surface area contributed by atoms with Crippen LogP contribution >= 0.6 is 0 Å². The topological polar surface area (TPSA) is 34.1 Å². The van der Waals surface area contributed by atoms with E-state index in [0.29, 0.717) is 35.7 Å². The van der Waals surface area contributed by atoms with Crippen molar-refractivity contribution in [3.8, 4) is 12.3 Å². The second-order valence-electron chi connectivity index (χ2n) is 9.36. The molecule has 0 N–H and O–H groups in total. The average Bonchev–Trinajstić information content (AvgIpc) is 2.95. The van der Waals surface area contributed by atoms with Gasteiger partial charge in [-0.05, 0) is 86.5 Å². The quantitative estimate of drug-likeness (QED) is 0.682. The smallest absolute Gasteiger partial charge is 0.155 e. The molecule has 0 radical (unpaired) electrons. The molecule has 2 heteroatoms. The van der Waals surface area contributed by atoms with E-state index < -0.39 is 0 Å². The third-order valence-electron chi connectivity index (χ3n) is 8.60. The highest BCUT2D eigenvalue weighted by molar-refractivity contribution is 5.91. The molecule has 0 aromatic heterocycles. The van der Waals surface area contributed by atoms with Gasteiger partial charge in [-0.15, -0.1) is 12.3 Å². The highest BCUT2D eigenvalue weighted by atomic mass is 16.1. The molecule has 4 rings (SSSR count). The summed E-state index contributed by atoms with van der Waals surface area (Å²) in [6.45, 7) is 4.18. The van der Waals surface area contributed by atoms with Crippen molar-refractivity contribution in [2.24, 2.45) is 34.5 Å². The second kappa shape index (κ2) is 5.83. The molecule has 1 unspecified atom stereocenters. The van der Waals surface area contributed by atoms with Crippen molar-refractivity contribution in [1.82, 2.24) is 0 Å². The summed E-state index contributed by atoms with van der Waals surface area (Å²) in [5.74, 6) is 5.74. The molecule has 0 spiro atoms. The van der Waals surface area contributed by atoms with Gasteiger partial charge in [0.2, 0.25) is 0 Å². The van der Waals surface area contributed by atoms with Crippen molar-refractivity contribution in [1.29, 1.82) is 0 Å². The van der Waals surface area contributed by atoms with Crippen LogP contribution in [0.3, 0.4) is 0 Å². The minimum atomic E-state index is 0.0593. The standard InChI is InChI=1S/C23H30O2/c1-4-11-23-13-10-20-18(21(23)8-7-19(23)15(2)24)6-5-16-14-17(25)9-12-22(16,20)3/h1,14,18-21H,5-13H2,2-3H3/t18-,19-,20+,21+,22+,23?/m1/s1. The van der Waals surface area contributed by atoms with Gasteiger partial charge >= 0.3 is 0 Å². The van der Waals surface area contributed by atoms with E-state index in [9.17, 15) is 9.59 Å². The maximum Gasteiger partial charge on any atom is 0.155 e. The minimum Gasteiger partial charge on any atom is -0.300 e. The maximum atomic E-state index is 12.4. The van der Waals surface area contributed by atoms with Gasteiger partial charge in [0.25, 0.3) is 0 Å². The molecule has 6 atom stereocenters. The minimum absolute atomic E-state index is 0.0593. The molecule has 0 aromatic carbocycles. The largest absolute Gasteiger partial charge is 0.300 e. The monoisotopic (exact) mass is 338 g/mol. The summed E-state index contributed by atoms with van der Waals surface area (Å²) in [4.78, 5) is 24.3. The first kappa shape index (κ1) is 17.1. The van der Waals surface area contributed by atoms with E-state index in [0.717, 1.165) is 32.1 Å². The molecule has 0 saturated heterocycles. The third-order valence-corrected chi connectivity index (χ3v) is 8.60. The predicted molar refractivity (Wildman–Crippen MR) is 98.7 cm³/mol. The van der Waals surface area contributed by atoms with Crippen LogP contribution in [-0.2, 0) is 9.59 Å². The number of fused-ring (bicyclic) bond motifs is 5. The highest BCUT2D eigenvalue weighted by Gasteiger charge is 2.61. The first-order valence-corrected chi connectivity index (χ1v) is 10.1. The van der Waals surface area contributed by atoms with Crippen molar-refractivity contribution < 1.29 is 9.59 Å². The van der Waals surface area contributed by atoms with Crippen molar-refractivity contribution in [2.75, 3.05) is 0 Å². The first-order valence-electron chi connectivity index (χ1n) is 10.1. The normalized spacial score (nSPS) is 45.6. The van der Waals surface area contributed by atoms with Gasteiger partial charge in [0.1, 0.15) is 5.78 Å². The molecule has 0 aromatic rings. The third kappa shape index (κ3) is 2.31. The lowest BCUT2D eigenvalue weighted by Crippen LogP contribution is -2.51. The van der Waals surface area contributed by atoms with Crippen LogP contribution in [-0.4, -0.2) is 11.6 Å². The Labute approximate surface area is 151 Å². The Hall–Kier alpha value is -1.36. The number of terminal acetylenes is 1. The number of carbonyl (C=O) groups is 2. The van der Waals surface area contributed by atoms with Crippen molar-refractivity contribution in [3.05, 3.63) is 11.6 Å². The Morgan fingerprint density at radius 1 is 1.20 bits per heavy atom. The Kier molecular flexibility index (Phi) is 3.98. The van der Waals surface area contributed by atoms with Gasteiger partial charge in [-0.2, -0.15) is 0 Å². The number of ketones is 2. The zero-order chi connectivity index (χ0) is 17.8. The summed E-state index contributed by atoms with van der Waals surface area (Å²) in [6.07, 6.45) is 17.0. The van der Waals surface area contributed by atoms with Crippen LogP contribution in [0, 0.1) is 46.8 Å². The van der Waals surface area contributed by atoms with Crippen LogP contribution in [0.4, 0.5) is 0 Å². The second-order valence-corrected chi connectivity index (χ2v) is 9.36. The first-order chi connectivity index (χ1) is 11.9. The lowest BCUT2D eigenvalue weighted by molar-refractivity contribution is -0.129. The van der Waals surface area contributed by atoms with E-state index in [-0.39, 0.29) is 16.7 Å². The number of hydrogen-bond donors (Lipinski definition) is 0. The Bertz CT molecular complexity index is 681. The van der Waals surface area contributed by atoms with Gasteiger partial charge in [-0.1, -0.05) is 12.5 Å². The summed E-state index contributed by atoms with van der Waals surface area (Å²) in [7, 11) is 0. The van der Waals surface area contributed by atoms with Gasteiger partial charge in [-0.3, -0.25) is 9.59 Å². The lowest BCUT2D eigenvalue weighted by Gasteiger charge is -2.58. The molecule has 3 saturated carbocycles. The van der Waals surface area contributed by atoms with Gasteiger partial charge in [0.15, 0.2) is 5.78 Å². The summed E-state index contributed by atoms with van der Waals surface area (Å²) in [6, 6.07) is 0. The fourth-order valence-corrected chi connectivity index (χ4v) is 7.51. The molecule has 2 nitrogen and oxygen atoms in total. The molecule has 0 bridgehead atoms. The Balaban J connectivity index is 1.70. The van der Waals surface area contributed by atoms with E-state index in [2.05, 4.69) is 12.8 Å². The van der Waals surface area contributed by atoms with Gasteiger partial charge in [0, 0.05) is 18.8 Å². The fourth-order valence-electron chi connectivity index (χ4n) is 7.51. The maximum absolute atomic E-state index is 12.4. The van der Waals surface area contributed by atoms with Crippen LogP contribution in [0.1, 0.15) is 71.6 Å². The highest BCUT2D eigenvalue weighted by Crippen LogP contribution is 2.67. The number of rotatable bonds is 2.